The molecule has 0 atom stereocenters. The standard InChI is InChI=1S/C19H18N2O3S3/c1-2-27(23,24)16-7-5-6-14(10-16)21-19(22)17-8-3-4-9-18(17)26-12-15-11-25-13-20-15/h3-11,13H,2,12H2,1H3,(H,21,22). The summed E-state index contributed by atoms with van der Waals surface area (Å²) in [5.41, 5.74) is 3.75. The summed E-state index contributed by atoms with van der Waals surface area (Å²) in [6.07, 6.45) is 0. The minimum atomic E-state index is -3.32. The molecule has 1 N–H and O–H groups in total. The molecule has 1 heterocycles. The van der Waals surface area contributed by atoms with Crippen LogP contribution in [-0.4, -0.2) is 25.1 Å². The fourth-order valence-corrected chi connectivity index (χ4v) is 4.91. The van der Waals surface area contributed by atoms with E-state index in [4.69, 9.17) is 0 Å². The van der Waals surface area contributed by atoms with Crippen LogP contribution >= 0.6 is 23.1 Å². The van der Waals surface area contributed by atoms with Gasteiger partial charge in [0.25, 0.3) is 5.91 Å². The van der Waals surface area contributed by atoms with Crippen LogP contribution in [0.25, 0.3) is 0 Å². The van der Waals surface area contributed by atoms with Gasteiger partial charge in [-0.2, -0.15) is 0 Å². The van der Waals surface area contributed by atoms with Gasteiger partial charge in [0.15, 0.2) is 9.84 Å². The molecule has 140 valence electrons. The second kappa shape index (κ2) is 8.69. The van der Waals surface area contributed by atoms with Crippen LogP contribution in [0.15, 0.2) is 69.2 Å². The molecule has 3 rings (SSSR count). The van der Waals surface area contributed by atoms with E-state index in [1.165, 1.54) is 23.5 Å². The Morgan fingerprint density at radius 3 is 2.74 bits per heavy atom. The van der Waals surface area contributed by atoms with Crippen LogP contribution in [0.4, 0.5) is 5.69 Å². The van der Waals surface area contributed by atoms with Gasteiger partial charge in [-0.15, -0.1) is 23.1 Å². The number of carbonyl (C=O) groups excluding carboxylic acids is 1. The summed E-state index contributed by atoms with van der Waals surface area (Å²) in [7, 11) is -3.32. The van der Waals surface area contributed by atoms with E-state index in [0.717, 1.165) is 10.6 Å². The maximum atomic E-state index is 12.7. The topological polar surface area (TPSA) is 76.1 Å². The summed E-state index contributed by atoms with van der Waals surface area (Å²) in [6, 6.07) is 13.7. The predicted octanol–water partition coefficient (Wildman–Crippen LogP) is 4.48. The summed E-state index contributed by atoms with van der Waals surface area (Å²) in [5.74, 6) is 0.417. The molecule has 3 aromatic rings. The fourth-order valence-electron chi connectivity index (χ4n) is 2.37. The summed E-state index contributed by atoms with van der Waals surface area (Å²) >= 11 is 3.08. The van der Waals surface area contributed by atoms with Crippen LogP contribution in [0.5, 0.6) is 0 Å². The first-order valence-corrected chi connectivity index (χ1v) is 11.8. The average molecular weight is 419 g/mol. The van der Waals surface area contributed by atoms with Crippen molar-refractivity contribution in [3.63, 3.8) is 0 Å². The molecule has 0 fully saturated rings. The van der Waals surface area contributed by atoms with Crippen molar-refractivity contribution >= 4 is 44.5 Å². The Kier molecular flexibility index (Phi) is 6.30. The van der Waals surface area contributed by atoms with Gasteiger partial charge in [-0.25, -0.2) is 13.4 Å². The number of nitrogens with one attached hydrogen (secondary N) is 1. The summed E-state index contributed by atoms with van der Waals surface area (Å²) in [4.78, 5) is 18.0. The highest BCUT2D eigenvalue weighted by atomic mass is 32.2. The summed E-state index contributed by atoms with van der Waals surface area (Å²) in [6.45, 7) is 1.59. The highest BCUT2D eigenvalue weighted by molar-refractivity contribution is 7.98. The molecule has 2 aromatic carbocycles. The van der Waals surface area contributed by atoms with Gasteiger partial charge in [-0.1, -0.05) is 25.1 Å². The molecule has 0 saturated heterocycles. The molecule has 0 aliphatic heterocycles. The Balaban J connectivity index is 1.78. The predicted molar refractivity (Wildman–Crippen MR) is 110 cm³/mol. The first kappa shape index (κ1) is 19.6. The number of anilines is 1. The normalized spacial score (nSPS) is 11.3. The van der Waals surface area contributed by atoms with E-state index in [1.807, 2.05) is 17.5 Å². The number of carbonyl (C=O) groups is 1. The largest absolute Gasteiger partial charge is 0.322 e. The van der Waals surface area contributed by atoms with Crippen LogP contribution in [0.2, 0.25) is 0 Å². The first-order chi connectivity index (χ1) is 13.0. The SMILES string of the molecule is CCS(=O)(=O)c1cccc(NC(=O)c2ccccc2SCc2cscn2)c1. The molecule has 1 aromatic heterocycles. The Bertz CT molecular complexity index is 1030. The minimum Gasteiger partial charge on any atom is -0.322 e. The lowest BCUT2D eigenvalue weighted by atomic mass is 10.2. The molecular formula is C19H18N2O3S3. The number of hydrogen-bond donors (Lipinski definition) is 1. The van der Waals surface area contributed by atoms with E-state index < -0.39 is 9.84 Å². The number of benzene rings is 2. The Hall–Kier alpha value is -2.16. The third kappa shape index (κ3) is 4.97. The van der Waals surface area contributed by atoms with Gasteiger partial charge in [-0.3, -0.25) is 4.79 Å². The number of sulfone groups is 1. The van der Waals surface area contributed by atoms with Gasteiger partial charge >= 0.3 is 0 Å². The van der Waals surface area contributed by atoms with Crippen molar-refractivity contribution in [3.8, 4) is 0 Å². The molecule has 0 aliphatic carbocycles. The molecule has 0 unspecified atom stereocenters. The smallest absolute Gasteiger partial charge is 0.256 e. The number of thioether (sulfide) groups is 1. The number of amides is 1. The van der Waals surface area contributed by atoms with Crippen molar-refractivity contribution in [1.29, 1.82) is 0 Å². The second-order valence-corrected chi connectivity index (χ2v) is 9.66. The third-order valence-corrected chi connectivity index (χ3v) is 7.30. The Labute approximate surface area is 166 Å². The van der Waals surface area contributed by atoms with E-state index in [9.17, 15) is 13.2 Å². The van der Waals surface area contributed by atoms with Gasteiger partial charge < -0.3 is 5.32 Å². The second-order valence-electron chi connectivity index (χ2n) is 5.65. The van der Waals surface area contributed by atoms with E-state index >= 15 is 0 Å². The fraction of sp³-hybridized carbons (Fsp3) is 0.158. The average Bonchev–Trinajstić information content (AvgIpc) is 3.20. The molecule has 0 bridgehead atoms. The van der Waals surface area contributed by atoms with E-state index in [1.54, 1.807) is 48.5 Å². The zero-order valence-corrected chi connectivity index (χ0v) is 17.0. The highest BCUT2D eigenvalue weighted by Crippen LogP contribution is 2.27. The molecule has 5 nitrogen and oxygen atoms in total. The molecule has 0 radical (unpaired) electrons. The van der Waals surface area contributed by atoms with Crippen LogP contribution in [-0.2, 0) is 15.6 Å². The number of aromatic nitrogens is 1. The van der Waals surface area contributed by atoms with Gasteiger partial charge in [0, 0.05) is 21.7 Å². The molecule has 1 amide bonds. The van der Waals surface area contributed by atoms with E-state index in [2.05, 4.69) is 10.3 Å². The van der Waals surface area contributed by atoms with Gasteiger partial charge in [0.2, 0.25) is 0 Å². The van der Waals surface area contributed by atoms with Crippen LogP contribution in [0, 0.1) is 0 Å². The molecule has 27 heavy (non-hydrogen) atoms. The maximum Gasteiger partial charge on any atom is 0.256 e. The summed E-state index contributed by atoms with van der Waals surface area (Å²) < 4.78 is 24.1. The van der Waals surface area contributed by atoms with E-state index in [0.29, 0.717) is 17.0 Å². The lowest BCUT2D eigenvalue weighted by Gasteiger charge is -2.10. The Morgan fingerprint density at radius 2 is 2.00 bits per heavy atom. The molecule has 0 aliphatic rings. The van der Waals surface area contributed by atoms with Crippen molar-refractivity contribution in [1.82, 2.24) is 4.98 Å². The van der Waals surface area contributed by atoms with Crippen molar-refractivity contribution < 1.29 is 13.2 Å². The molecule has 0 spiro atoms. The number of nitrogens with zero attached hydrogens (tertiary/aromatic N) is 1. The lowest BCUT2D eigenvalue weighted by Crippen LogP contribution is -2.13. The molecule has 8 heteroatoms. The zero-order chi connectivity index (χ0) is 19.3. The maximum absolute atomic E-state index is 12.7. The molecular weight excluding hydrogens is 400 g/mol. The van der Waals surface area contributed by atoms with E-state index in [-0.39, 0.29) is 16.6 Å². The monoisotopic (exact) mass is 418 g/mol. The van der Waals surface area contributed by atoms with Crippen LogP contribution in [0.3, 0.4) is 0 Å². The van der Waals surface area contributed by atoms with Gasteiger partial charge in [-0.05, 0) is 30.3 Å². The number of rotatable bonds is 7. The molecule has 0 saturated carbocycles. The highest BCUT2D eigenvalue weighted by Gasteiger charge is 2.15. The van der Waals surface area contributed by atoms with Gasteiger partial charge in [0.1, 0.15) is 0 Å². The summed E-state index contributed by atoms with van der Waals surface area (Å²) in [5, 5.41) is 4.78. The Morgan fingerprint density at radius 1 is 1.19 bits per heavy atom. The zero-order valence-electron chi connectivity index (χ0n) is 14.6. The van der Waals surface area contributed by atoms with Crippen molar-refractivity contribution in [2.75, 3.05) is 11.1 Å². The van der Waals surface area contributed by atoms with Gasteiger partial charge in [0.05, 0.1) is 27.4 Å². The third-order valence-electron chi connectivity index (χ3n) is 3.82. The van der Waals surface area contributed by atoms with Crippen molar-refractivity contribution in [2.45, 2.75) is 22.5 Å². The number of thiazole rings is 1. The minimum absolute atomic E-state index is 0.0144. The number of hydrogen-bond acceptors (Lipinski definition) is 6. The quantitative estimate of drug-likeness (QED) is 0.573. The van der Waals surface area contributed by atoms with Crippen molar-refractivity contribution in [2.24, 2.45) is 0 Å². The van der Waals surface area contributed by atoms with Crippen molar-refractivity contribution in [3.05, 3.63) is 70.7 Å². The van der Waals surface area contributed by atoms with Crippen LogP contribution < -0.4 is 5.32 Å². The van der Waals surface area contributed by atoms with Crippen LogP contribution in [0.1, 0.15) is 23.0 Å². The lowest BCUT2D eigenvalue weighted by molar-refractivity contribution is 0.102. The first-order valence-electron chi connectivity index (χ1n) is 8.22.